The van der Waals surface area contributed by atoms with Gasteiger partial charge in [-0.15, -0.1) is 0 Å². The first kappa shape index (κ1) is 17.2. The highest BCUT2D eigenvalue weighted by atomic mass is 16.2. The number of carbonyl (C=O) groups excluding carboxylic acids is 1. The van der Waals surface area contributed by atoms with Gasteiger partial charge in [0.05, 0.1) is 6.54 Å². The molecule has 0 bridgehead atoms. The number of anilines is 1. The van der Waals surface area contributed by atoms with Gasteiger partial charge in [-0.3, -0.25) is 9.59 Å². The Labute approximate surface area is 157 Å². The van der Waals surface area contributed by atoms with Crippen molar-refractivity contribution in [3.8, 4) is 0 Å². The third-order valence-electron chi connectivity index (χ3n) is 4.92. The van der Waals surface area contributed by atoms with Crippen molar-refractivity contribution >= 4 is 11.6 Å². The van der Waals surface area contributed by atoms with Crippen molar-refractivity contribution < 1.29 is 4.79 Å². The van der Waals surface area contributed by atoms with Crippen LogP contribution in [0.3, 0.4) is 0 Å². The number of fused-ring (bicyclic) bond motifs is 1. The van der Waals surface area contributed by atoms with Crippen molar-refractivity contribution in [1.29, 1.82) is 0 Å². The Morgan fingerprint density at radius 2 is 1.78 bits per heavy atom. The van der Waals surface area contributed by atoms with Crippen molar-refractivity contribution in [3.05, 3.63) is 93.4 Å². The van der Waals surface area contributed by atoms with E-state index in [0.717, 1.165) is 30.5 Å². The summed E-state index contributed by atoms with van der Waals surface area (Å²) in [6.07, 6.45) is 4.36. The van der Waals surface area contributed by atoms with E-state index in [1.807, 2.05) is 42.5 Å². The van der Waals surface area contributed by atoms with Crippen LogP contribution >= 0.6 is 0 Å². The zero-order valence-electron chi connectivity index (χ0n) is 15.0. The average Bonchev–Trinajstić information content (AvgIpc) is 2.71. The van der Waals surface area contributed by atoms with Crippen molar-refractivity contribution in [2.75, 3.05) is 5.32 Å². The zero-order chi connectivity index (χ0) is 18.6. The maximum absolute atomic E-state index is 12.7. The molecule has 1 aromatic heterocycles. The number of hydrogen-bond acceptors (Lipinski definition) is 3. The van der Waals surface area contributed by atoms with E-state index in [1.165, 1.54) is 34.4 Å². The molecule has 27 heavy (non-hydrogen) atoms. The maximum Gasteiger partial charge on any atom is 0.276 e. The highest BCUT2D eigenvalue weighted by Crippen LogP contribution is 2.28. The van der Waals surface area contributed by atoms with Gasteiger partial charge in [0.2, 0.25) is 0 Å². The SMILES string of the molecule is O=C(Nc1cccc2c1CCCC2)c1ccc(=O)n(Cc2ccccc2)n1. The van der Waals surface area contributed by atoms with Gasteiger partial charge in [0.1, 0.15) is 5.69 Å². The number of nitrogens with one attached hydrogen (secondary N) is 1. The zero-order valence-corrected chi connectivity index (χ0v) is 15.0. The van der Waals surface area contributed by atoms with E-state index in [4.69, 9.17) is 0 Å². The van der Waals surface area contributed by atoms with Crippen molar-refractivity contribution in [2.24, 2.45) is 0 Å². The van der Waals surface area contributed by atoms with Crippen LogP contribution in [0.25, 0.3) is 0 Å². The molecular formula is C22H21N3O2. The molecule has 5 nitrogen and oxygen atoms in total. The quantitative estimate of drug-likeness (QED) is 0.776. The van der Waals surface area contributed by atoms with E-state index in [2.05, 4.69) is 16.5 Å². The molecule has 1 N–H and O–H groups in total. The van der Waals surface area contributed by atoms with Crippen LogP contribution < -0.4 is 10.9 Å². The minimum absolute atomic E-state index is 0.229. The lowest BCUT2D eigenvalue weighted by Crippen LogP contribution is -2.26. The summed E-state index contributed by atoms with van der Waals surface area (Å²) in [5, 5.41) is 7.25. The molecule has 0 unspecified atom stereocenters. The molecule has 3 aromatic rings. The largest absolute Gasteiger partial charge is 0.320 e. The Balaban J connectivity index is 1.58. The molecule has 0 spiro atoms. The van der Waals surface area contributed by atoms with Crippen LogP contribution in [0, 0.1) is 0 Å². The topological polar surface area (TPSA) is 64.0 Å². The van der Waals surface area contributed by atoms with Crippen molar-refractivity contribution in [1.82, 2.24) is 9.78 Å². The number of aromatic nitrogens is 2. The number of carbonyl (C=O) groups is 1. The number of hydrogen-bond donors (Lipinski definition) is 1. The van der Waals surface area contributed by atoms with E-state index < -0.39 is 0 Å². The van der Waals surface area contributed by atoms with E-state index >= 15 is 0 Å². The highest BCUT2D eigenvalue weighted by molar-refractivity contribution is 6.03. The van der Waals surface area contributed by atoms with Crippen LogP contribution in [0.2, 0.25) is 0 Å². The predicted octanol–water partition coefficient (Wildman–Crippen LogP) is 3.42. The van der Waals surface area contributed by atoms with Crippen LogP contribution in [0.1, 0.15) is 40.0 Å². The van der Waals surface area contributed by atoms with Crippen LogP contribution in [-0.4, -0.2) is 15.7 Å². The van der Waals surface area contributed by atoms with Gasteiger partial charge < -0.3 is 5.32 Å². The standard InChI is InChI=1S/C22H21N3O2/c26-21-14-13-20(24-25(21)15-16-7-2-1-3-8-16)22(27)23-19-12-6-10-17-9-4-5-11-18(17)19/h1-3,6-8,10,12-14H,4-5,9,11,15H2,(H,23,27). The Kier molecular flexibility index (Phi) is 4.83. The molecule has 0 fully saturated rings. The number of amides is 1. The summed E-state index contributed by atoms with van der Waals surface area (Å²) in [6, 6.07) is 18.5. The summed E-state index contributed by atoms with van der Waals surface area (Å²) in [6.45, 7) is 0.335. The monoisotopic (exact) mass is 359 g/mol. The smallest absolute Gasteiger partial charge is 0.276 e. The van der Waals surface area contributed by atoms with Gasteiger partial charge in [0, 0.05) is 11.8 Å². The highest BCUT2D eigenvalue weighted by Gasteiger charge is 2.16. The maximum atomic E-state index is 12.7. The Bertz CT molecular complexity index is 1030. The fourth-order valence-corrected chi connectivity index (χ4v) is 3.52. The Morgan fingerprint density at radius 1 is 0.963 bits per heavy atom. The summed E-state index contributed by atoms with van der Waals surface area (Å²) < 4.78 is 1.32. The number of nitrogens with zero attached hydrogens (tertiary/aromatic N) is 2. The van der Waals surface area contributed by atoms with Crippen LogP contribution in [0.5, 0.6) is 0 Å². The molecule has 5 heteroatoms. The number of rotatable bonds is 4. The third kappa shape index (κ3) is 3.82. The first-order valence-electron chi connectivity index (χ1n) is 9.25. The lowest BCUT2D eigenvalue weighted by Gasteiger charge is -2.19. The second-order valence-electron chi connectivity index (χ2n) is 6.80. The van der Waals surface area contributed by atoms with E-state index in [1.54, 1.807) is 0 Å². The molecule has 0 saturated carbocycles. The molecule has 1 amide bonds. The molecule has 0 atom stereocenters. The normalized spacial score (nSPS) is 13.0. The van der Waals surface area contributed by atoms with Crippen molar-refractivity contribution in [2.45, 2.75) is 32.2 Å². The van der Waals surface area contributed by atoms with Gasteiger partial charge >= 0.3 is 0 Å². The van der Waals surface area contributed by atoms with E-state index in [-0.39, 0.29) is 17.2 Å². The molecule has 0 aliphatic heterocycles. The van der Waals surface area contributed by atoms with Crippen LogP contribution in [0.15, 0.2) is 65.5 Å². The Hall–Kier alpha value is -3.21. The molecule has 0 radical (unpaired) electrons. The summed E-state index contributed by atoms with van der Waals surface area (Å²) in [5.74, 6) is -0.296. The van der Waals surface area contributed by atoms with Gasteiger partial charge in [-0.05, 0) is 54.5 Å². The molecule has 0 saturated heterocycles. The third-order valence-corrected chi connectivity index (χ3v) is 4.92. The van der Waals surface area contributed by atoms with Crippen LogP contribution in [-0.2, 0) is 19.4 Å². The second-order valence-corrected chi connectivity index (χ2v) is 6.80. The molecule has 1 aliphatic rings. The van der Waals surface area contributed by atoms with E-state index in [0.29, 0.717) is 6.54 Å². The average molecular weight is 359 g/mol. The molecule has 1 heterocycles. The van der Waals surface area contributed by atoms with Gasteiger partial charge in [-0.1, -0.05) is 42.5 Å². The minimum atomic E-state index is -0.296. The van der Waals surface area contributed by atoms with E-state index in [9.17, 15) is 9.59 Å². The lowest BCUT2D eigenvalue weighted by molar-refractivity contribution is 0.102. The van der Waals surface area contributed by atoms with Gasteiger partial charge in [-0.2, -0.15) is 5.10 Å². The molecule has 136 valence electrons. The molecule has 2 aromatic carbocycles. The fraction of sp³-hybridized carbons (Fsp3) is 0.227. The van der Waals surface area contributed by atoms with Gasteiger partial charge in [0.25, 0.3) is 11.5 Å². The summed E-state index contributed by atoms with van der Waals surface area (Å²) in [4.78, 5) is 24.8. The number of aryl methyl sites for hydroxylation is 1. The Morgan fingerprint density at radius 3 is 2.63 bits per heavy atom. The van der Waals surface area contributed by atoms with Gasteiger partial charge in [-0.25, -0.2) is 4.68 Å². The van der Waals surface area contributed by atoms with Crippen molar-refractivity contribution in [3.63, 3.8) is 0 Å². The first-order chi connectivity index (χ1) is 13.2. The summed E-state index contributed by atoms with van der Waals surface area (Å²) in [5.41, 5.74) is 4.34. The first-order valence-corrected chi connectivity index (χ1v) is 9.25. The lowest BCUT2D eigenvalue weighted by atomic mass is 9.90. The van der Waals surface area contributed by atoms with Gasteiger partial charge in [0.15, 0.2) is 0 Å². The fourth-order valence-electron chi connectivity index (χ4n) is 3.52. The minimum Gasteiger partial charge on any atom is -0.320 e. The molecule has 4 rings (SSSR count). The number of benzene rings is 2. The molecule has 1 aliphatic carbocycles. The summed E-state index contributed by atoms with van der Waals surface area (Å²) in [7, 11) is 0. The summed E-state index contributed by atoms with van der Waals surface area (Å²) >= 11 is 0. The van der Waals surface area contributed by atoms with Crippen LogP contribution in [0.4, 0.5) is 5.69 Å². The predicted molar refractivity (Wildman–Crippen MR) is 105 cm³/mol. The second kappa shape index (κ2) is 7.58. The molecular weight excluding hydrogens is 338 g/mol.